The number of aromatic nitrogens is 2. The van der Waals surface area contributed by atoms with E-state index in [1.165, 1.54) is 51.8 Å². The summed E-state index contributed by atoms with van der Waals surface area (Å²) < 4.78 is 2.15. The molecule has 2 aliphatic rings. The van der Waals surface area contributed by atoms with Gasteiger partial charge in [0.25, 0.3) is 0 Å². The van der Waals surface area contributed by atoms with Gasteiger partial charge in [0.1, 0.15) is 11.4 Å². The van der Waals surface area contributed by atoms with Crippen LogP contribution in [0.5, 0.6) is 5.75 Å². The summed E-state index contributed by atoms with van der Waals surface area (Å²) in [7, 11) is 0. The molecule has 4 heteroatoms. The van der Waals surface area contributed by atoms with Crippen LogP contribution in [-0.2, 0) is 13.0 Å². The lowest BCUT2D eigenvalue weighted by atomic mass is 9.87. The van der Waals surface area contributed by atoms with Crippen LogP contribution in [0.1, 0.15) is 66.1 Å². The van der Waals surface area contributed by atoms with Crippen LogP contribution in [0.15, 0.2) is 67.0 Å². The van der Waals surface area contributed by atoms with Crippen molar-refractivity contribution in [2.24, 2.45) is 0 Å². The number of likely N-dealkylation sites (tertiary alicyclic amines) is 1. The Hall–Kier alpha value is -3.37. The number of hydrogen-bond acceptors (Lipinski definition) is 3. The summed E-state index contributed by atoms with van der Waals surface area (Å²) in [5.74, 6) is 0.340. The number of aromatic hydroxyl groups is 1. The summed E-state index contributed by atoms with van der Waals surface area (Å²) in [5, 5.41) is 10.2. The topological polar surface area (TPSA) is 40.8 Å². The molecule has 4 nitrogen and oxygen atoms in total. The Morgan fingerprint density at radius 2 is 1.89 bits per heavy atom. The van der Waals surface area contributed by atoms with Gasteiger partial charge in [0.15, 0.2) is 0 Å². The van der Waals surface area contributed by atoms with Gasteiger partial charge in [-0.15, -0.1) is 0 Å². The third-order valence-electron chi connectivity index (χ3n) is 7.86. The first-order valence-electron chi connectivity index (χ1n) is 12.9. The van der Waals surface area contributed by atoms with E-state index in [1.54, 1.807) is 0 Å². The standard InChI is InChI=1S/C31H33N3O/c1-21-7-3-4-10-27(21)29-11-5-9-23-17-26(35)12-13-28(23)31(29)24-14-16-34-20-25(32-30(34)18-24)19-33-15-6-8-22(33)2/h3-4,7,10,12-14,16-18,20,22,35H,5-6,8-9,11,15,19H2,1-2H3/t22-/m1/s1. The number of benzene rings is 2. The van der Waals surface area contributed by atoms with Crippen LogP contribution < -0.4 is 0 Å². The molecule has 2 aromatic heterocycles. The summed E-state index contributed by atoms with van der Waals surface area (Å²) in [6.07, 6.45) is 9.93. The van der Waals surface area contributed by atoms with Crippen molar-refractivity contribution >= 4 is 16.8 Å². The monoisotopic (exact) mass is 463 g/mol. The highest BCUT2D eigenvalue weighted by molar-refractivity contribution is 6.00. The zero-order chi connectivity index (χ0) is 23.9. The number of phenols is 1. The summed E-state index contributed by atoms with van der Waals surface area (Å²) in [6, 6.07) is 19.7. The average Bonchev–Trinajstić information content (AvgIpc) is 3.39. The number of imidazole rings is 1. The van der Waals surface area contributed by atoms with E-state index in [4.69, 9.17) is 4.98 Å². The van der Waals surface area contributed by atoms with Crippen LogP contribution in [-0.4, -0.2) is 32.0 Å². The minimum absolute atomic E-state index is 0.340. The summed E-state index contributed by atoms with van der Waals surface area (Å²) >= 11 is 0. The number of fused-ring (bicyclic) bond motifs is 2. The first kappa shape index (κ1) is 22.1. The predicted molar refractivity (Wildman–Crippen MR) is 142 cm³/mol. The minimum atomic E-state index is 0.340. The van der Waals surface area contributed by atoms with Gasteiger partial charge < -0.3 is 9.51 Å². The maximum Gasteiger partial charge on any atom is 0.137 e. The van der Waals surface area contributed by atoms with Crippen molar-refractivity contribution in [3.8, 4) is 5.75 Å². The number of hydrogen-bond donors (Lipinski definition) is 1. The van der Waals surface area contributed by atoms with Crippen LogP contribution in [0.25, 0.3) is 16.8 Å². The third-order valence-corrected chi connectivity index (χ3v) is 7.86. The molecule has 2 aromatic carbocycles. The summed E-state index contributed by atoms with van der Waals surface area (Å²) in [6.45, 7) is 6.60. The Balaban J connectivity index is 1.50. The van der Waals surface area contributed by atoms with E-state index < -0.39 is 0 Å². The smallest absolute Gasteiger partial charge is 0.137 e. The number of aryl methyl sites for hydroxylation is 2. The molecule has 4 aromatic rings. The number of phenolic OH excluding ortho intramolecular Hbond substituents is 1. The molecular weight excluding hydrogens is 430 g/mol. The fraction of sp³-hybridized carbons (Fsp3) is 0.323. The van der Waals surface area contributed by atoms with E-state index in [1.807, 2.05) is 12.1 Å². The normalized spacial score (nSPS) is 18.7. The van der Waals surface area contributed by atoms with E-state index in [0.717, 1.165) is 43.7 Å². The molecule has 0 amide bonds. The number of pyridine rings is 1. The van der Waals surface area contributed by atoms with Gasteiger partial charge in [-0.3, -0.25) is 4.90 Å². The molecule has 1 aliphatic heterocycles. The lowest BCUT2D eigenvalue weighted by Crippen LogP contribution is -2.26. The second-order valence-corrected chi connectivity index (χ2v) is 10.2. The number of allylic oxidation sites excluding steroid dienone is 1. The second-order valence-electron chi connectivity index (χ2n) is 10.2. The lowest BCUT2D eigenvalue weighted by Gasteiger charge is -2.19. The number of nitrogens with zero attached hydrogens (tertiary/aromatic N) is 3. The largest absolute Gasteiger partial charge is 0.508 e. The zero-order valence-electron chi connectivity index (χ0n) is 20.7. The lowest BCUT2D eigenvalue weighted by molar-refractivity contribution is 0.258. The van der Waals surface area contributed by atoms with Gasteiger partial charge in [-0.25, -0.2) is 4.98 Å². The second kappa shape index (κ2) is 9.01. The van der Waals surface area contributed by atoms with Crippen molar-refractivity contribution in [2.75, 3.05) is 6.54 Å². The van der Waals surface area contributed by atoms with Gasteiger partial charge in [-0.2, -0.15) is 0 Å². The SMILES string of the molecule is Cc1ccccc1C1=C(c2ccn3cc(CN4CCC[C@H]4C)nc3c2)c2ccc(O)cc2CCC1. The van der Waals surface area contributed by atoms with Crippen LogP contribution in [0.3, 0.4) is 0 Å². The highest BCUT2D eigenvalue weighted by Gasteiger charge is 2.23. The molecule has 178 valence electrons. The van der Waals surface area contributed by atoms with Gasteiger partial charge in [-0.05, 0) is 116 Å². The van der Waals surface area contributed by atoms with Gasteiger partial charge in [-0.1, -0.05) is 30.3 Å². The first-order valence-corrected chi connectivity index (χ1v) is 12.9. The first-order chi connectivity index (χ1) is 17.1. The minimum Gasteiger partial charge on any atom is -0.508 e. The highest BCUT2D eigenvalue weighted by Crippen LogP contribution is 2.41. The molecule has 0 saturated carbocycles. The van der Waals surface area contributed by atoms with Crippen molar-refractivity contribution in [3.63, 3.8) is 0 Å². The van der Waals surface area contributed by atoms with Gasteiger partial charge >= 0.3 is 0 Å². The molecule has 35 heavy (non-hydrogen) atoms. The summed E-state index contributed by atoms with van der Waals surface area (Å²) in [5.41, 5.74) is 11.0. The molecule has 6 rings (SSSR count). The molecule has 1 saturated heterocycles. The molecule has 0 spiro atoms. The van der Waals surface area contributed by atoms with Crippen molar-refractivity contribution in [1.29, 1.82) is 0 Å². The van der Waals surface area contributed by atoms with Crippen molar-refractivity contribution in [2.45, 2.75) is 58.5 Å². The molecule has 0 radical (unpaired) electrons. The van der Waals surface area contributed by atoms with E-state index in [2.05, 4.69) is 78.0 Å². The molecular formula is C31H33N3O. The van der Waals surface area contributed by atoms with Gasteiger partial charge in [0, 0.05) is 25.0 Å². The van der Waals surface area contributed by atoms with E-state index >= 15 is 0 Å². The molecule has 0 bridgehead atoms. The van der Waals surface area contributed by atoms with Gasteiger partial charge in [0.2, 0.25) is 0 Å². The molecule has 1 N–H and O–H groups in total. The van der Waals surface area contributed by atoms with E-state index in [9.17, 15) is 5.11 Å². The Morgan fingerprint density at radius 1 is 1.00 bits per heavy atom. The molecule has 1 fully saturated rings. The van der Waals surface area contributed by atoms with Crippen LogP contribution in [0, 0.1) is 6.92 Å². The Morgan fingerprint density at radius 3 is 2.71 bits per heavy atom. The molecule has 1 aliphatic carbocycles. The highest BCUT2D eigenvalue weighted by atomic mass is 16.3. The number of rotatable bonds is 4. The van der Waals surface area contributed by atoms with Crippen LogP contribution in [0.4, 0.5) is 0 Å². The fourth-order valence-corrected chi connectivity index (χ4v) is 5.99. The third kappa shape index (κ3) is 4.17. The zero-order valence-corrected chi connectivity index (χ0v) is 20.7. The Kier molecular flexibility index (Phi) is 5.69. The average molecular weight is 464 g/mol. The molecule has 0 unspecified atom stereocenters. The Bertz CT molecular complexity index is 1430. The maximum absolute atomic E-state index is 10.2. The predicted octanol–water partition coefficient (Wildman–Crippen LogP) is 6.63. The quantitative estimate of drug-likeness (QED) is 0.369. The van der Waals surface area contributed by atoms with Crippen LogP contribution >= 0.6 is 0 Å². The maximum atomic E-state index is 10.2. The molecule has 3 heterocycles. The molecule has 1 atom stereocenters. The van der Waals surface area contributed by atoms with Gasteiger partial charge in [0.05, 0.1) is 5.69 Å². The summed E-state index contributed by atoms with van der Waals surface area (Å²) in [4.78, 5) is 7.57. The van der Waals surface area contributed by atoms with Crippen molar-refractivity contribution in [1.82, 2.24) is 14.3 Å². The van der Waals surface area contributed by atoms with E-state index in [0.29, 0.717) is 11.8 Å². The van der Waals surface area contributed by atoms with Crippen molar-refractivity contribution in [3.05, 3.63) is 101 Å². The van der Waals surface area contributed by atoms with Crippen molar-refractivity contribution < 1.29 is 5.11 Å². The Labute approximate surface area is 207 Å². The van der Waals surface area contributed by atoms with Crippen LogP contribution in [0.2, 0.25) is 0 Å². The fourth-order valence-electron chi connectivity index (χ4n) is 5.99. The van der Waals surface area contributed by atoms with E-state index in [-0.39, 0.29) is 0 Å².